The first-order valence-electron chi connectivity index (χ1n) is 12.2. The van der Waals surface area contributed by atoms with E-state index in [0.717, 1.165) is 79.0 Å². The minimum Gasteiger partial charge on any atom is -0.393 e. The Kier molecular flexibility index (Phi) is 7.19. The van der Waals surface area contributed by atoms with Gasteiger partial charge in [0.15, 0.2) is 5.13 Å². The fourth-order valence-electron chi connectivity index (χ4n) is 4.72. The number of nitrogens with one attached hydrogen (secondary N) is 2. The second-order valence-corrected chi connectivity index (χ2v) is 10.5. The molecule has 3 N–H and O–H groups in total. The number of fused-ring (bicyclic) bond motifs is 1. The van der Waals surface area contributed by atoms with Crippen molar-refractivity contribution in [3.63, 3.8) is 0 Å². The first kappa shape index (κ1) is 23.3. The van der Waals surface area contributed by atoms with Crippen LogP contribution >= 0.6 is 11.3 Å². The Morgan fingerprint density at radius 2 is 2.06 bits per heavy atom. The Morgan fingerprint density at radius 3 is 2.85 bits per heavy atom. The smallest absolute Gasteiger partial charge is 0.225 e. The SMILES string of the molecule is CC(C)[C@@H]1COCCN1Cc1cc(Nc2nc3cccnc3s2)nc(NC2CCC(O)CC2)n1. The minimum absolute atomic E-state index is 0.190. The van der Waals surface area contributed by atoms with Gasteiger partial charge in [0.2, 0.25) is 5.95 Å². The molecule has 1 saturated heterocycles. The van der Waals surface area contributed by atoms with E-state index in [1.54, 1.807) is 6.20 Å². The van der Waals surface area contributed by atoms with E-state index in [1.807, 2.05) is 18.2 Å². The highest BCUT2D eigenvalue weighted by molar-refractivity contribution is 7.21. The van der Waals surface area contributed by atoms with Crippen LogP contribution < -0.4 is 10.6 Å². The molecule has 0 spiro atoms. The van der Waals surface area contributed by atoms with E-state index in [0.29, 0.717) is 17.9 Å². The molecule has 1 saturated carbocycles. The summed E-state index contributed by atoms with van der Waals surface area (Å²) in [5.74, 6) is 1.84. The molecule has 182 valence electrons. The number of pyridine rings is 1. The first-order chi connectivity index (χ1) is 16.5. The molecule has 0 radical (unpaired) electrons. The average molecular weight is 484 g/mol. The molecule has 9 nitrogen and oxygen atoms in total. The van der Waals surface area contributed by atoms with Gasteiger partial charge in [-0.15, -0.1) is 0 Å². The molecule has 0 amide bonds. The van der Waals surface area contributed by atoms with Gasteiger partial charge in [-0.3, -0.25) is 4.90 Å². The lowest BCUT2D eigenvalue weighted by Crippen LogP contribution is -2.47. The van der Waals surface area contributed by atoms with Crippen molar-refractivity contribution in [1.82, 2.24) is 24.8 Å². The summed E-state index contributed by atoms with van der Waals surface area (Å²) in [6.45, 7) is 7.61. The predicted octanol–water partition coefficient (Wildman–Crippen LogP) is 3.80. The maximum absolute atomic E-state index is 9.86. The number of aromatic nitrogens is 4. The summed E-state index contributed by atoms with van der Waals surface area (Å²) in [6, 6.07) is 6.51. The summed E-state index contributed by atoms with van der Waals surface area (Å²) in [5, 5.41) is 17.5. The second-order valence-electron chi connectivity index (χ2n) is 9.55. The number of aliphatic hydroxyl groups excluding tert-OH is 1. The number of thiazole rings is 1. The van der Waals surface area contributed by atoms with Crippen LogP contribution in [-0.2, 0) is 11.3 Å². The first-order valence-corrected chi connectivity index (χ1v) is 13.0. The van der Waals surface area contributed by atoms with Crippen molar-refractivity contribution < 1.29 is 9.84 Å². The standard InChI is InChI=1S/C24H33N7O2S/c1-15(2)20-14-33-11-10-31(20)13-17-12-21(30-24-28-19-4-3-9-25-22(19)34-24)29-23(27-17)26-16-5-7-18(32)8-6-16/h3-4,9,12,15-16,18,20,32H,5-8,10-11,13-14H2,1-2H3,(H2,26,27,28,29,30)/t16?,18?,20-/m0/s1. The Bertz CT molecular complexity index is 1070. The van der Waals surface area contributed by atoms with E-state index in [4.69, 9.17) is 14.7 Å². The van der Waals surface area contributed by atoms with Gasteiger partial charge < -0.3 is 20.5 Å². The maximum atomic E-state index is 9.86. The molecule has 0 unspecified atom stereocenters. The van der Waals surface area contributed by atoms with Gasteiger partial charge in [-0.2, -0.15) is 4.98 Å². The van der Waals surface area contributed by atoms with Crippen molar-refractivity contribution in [3.05, 3.63) is 30.1 Å². The van der Waals surface area contributed by atoms with Gasteiger partial charge in [-0.05, 0) is 43.7 Å². The van der Waals surface area contributed by atoms with Crippen LogP contribution in [0.25, 0.3) is 10.3 Å². The van der Waals surface area contributed by atoms with Crippen molar-refractivity contribution in [2.45, 2.75) is 64.3 Å². The van der Waals surface area contributed by atoms with Crippen LogP contribution in [0.4, 0.5) is 16.9 Å². The number of nitrogens with zero attached hydrogens (tertiary/aromatic N) is 5. The number of hydrogen-bond acceptors (Lipinski definition) is 10. The topological polar surface area (TPSA) is 108 Å². The fourth-order valence-corrected chi connectivity index (χ4v) is 5.53. The van der Waals surface area contributed by atoms with E-state index >= 15 is 0 Å². The lowest BCUT2D eigenvalue weighted by Gasteiger charge is -2.37. The van der Waals surface area contributed by atoms with Gasteiger partial charge in [0, 0.05) is 37.4 Å². The molecule has 0 bridgehead atoms. The molecule has 1 aliphatic carbocycles. The van der Waals surface area contributed by atoms with E-state index in [9.17, 15) is 5.11 Å². The molecule has 2 aliphatic rings. The Hall–Kier alpha value is -2.40. The molecule has 5 rings (SSSR count). The van der Waals surface area contributed by atoms with Gasteiger partial charge in [0.1, 0.15) is 16.2 Å². The summed E-state index contributed by atoms with van der Waals surface area (Å²) in [7, 11) is 0. The number of hydrogen-bond donors (Lipinski definition) is 3. The summed E-state index contributed by atoms with van der Waals surface area (Å²) < 4.78 is 5.74. The molecule has 10 heteroatoms. The third-order valence-corrected chi connectivity index (χ3v) is 7.52. The Balaban J connectivity index is 1.39. The van der Waals surface area contributed by atoms with Crippen LogP contribution in [0.3, 0.4) is 0 Å². The summed E-state index contributed by atoms with van der Waals surface area (Å²) in [4.78, 5) is 22.1. The molecular weight excluding hydrogens is 450 g/mol. The van der Waals surface area contributed by atoms with Crippen LogP contribution in [0.5, 0.6) is 0 Å². The molecule has 4 heterocycles. The van der Waals surface area contributed by atoms with Crippen molar-refractivity contribution in [2.75, 3.05) is 30.4 Å². The van der Waals surface area contributed by atoms with Crippen LogP contribution in [0.1, 0.15) is 45.2 Å². The zero-order valence-electron chi connectivity index (χ0n) is 19.8. The third-order valence-electron chi connectivity index (χ3n) is 6.63. The lowest BCUT2D eigenvalue weighted by atomic mass is 9.93. The number of aliphatic hydroxyl groups is 1. The van der Waals surface area contributed by atoms with E-state index in [1.165, 1.54) is 11.3 Å². The monoisotopic (exact) mass is 483 g/mol. The highest BCUT2D eigenvalue weighted by Crippen LogP contribution is 2.28. The van der Waals surface area contributed by atoms with Crippen molar-refractivity contribution in [3.8, 4) is 0 Å². The van der Waals surface area contributed by atoms with E-state index in [-0.39, 0.29) is 12.1 Å². The van der Waals surface area contributed by atoms with E-state index in [2.05, 4.69) is 39.3 Å². The molecular formula is C24H33N7O2S. The van der Waals surface area contributed by atoms with E-state index < -0.39 is 0 Å². The predicted molar refractivity (Wildman–Crippen MR) is 134 cm³/mol. The lowest BCUT2D eigenvalue weighted by molar-refractivity contribution is -0.0289. The van der Waals surface area contributed by atoms with Gasteiger partial charge >= 0.3 is 0 Å². The van der Waals surface area contributed by atoms with Crippen LogP contribution in [0.2, 0.25) is 0 Å². The zero-order valence-corrected chi connectivity index (χ0v) is 20.6. The normalized spacial score (nSPS) is 23.9. The van der Waals surface area contributed by atoms with Crippen LogP contribution in [-0.4, -0.2) is 67.9 Å². The molecule has 3 aromatic rings. The highest BCUT2D eigenvalue weighted by Gasteiger charge is 2.27. The Labute approximate surface area is 204 Å². The number of morpholine rings is 1. The molecule has 0 aromatic carbocycles. The minimum atomic E-state index is -0.190. The van der Waals surface area contributed by atoms with Gasteiger partial charge in [0.25, 0.3) is 0 Å². The molecule has 1 atom stereocenters. The number of ether oxygens (including phenoxy) is 1. The molecule has 34 heavy (non-hydrogen) atoms. The summed E-state index contributed by atoms with van der Waals surface area (Å²) in [5.41, 5.74) is 1.83. The summed E-state index contributed by atoms with van der Waals surface area (Å²) >= 11 is 1.51. The Morgan fingerprint density at radius 1 is 1.21 bits per heavy atom. The van der Waals surface area contributed by atoms with Gasteiger partial charge in [-0.25, -0.2) is 15.0 Å². The number of rotatable bonds is 7. The third kappa shape index (κ3) is 5.63. The van der Waals surface area contributed by atoms with Crippen molar-refractivity contribution in [1.29, 1.82) is 0 Å². The molecule has 2 fully saturated rings. The van der Waals surface area contributed by atoms with Crippen LogP contribution in [0.15, 0.2) is 24.4 Å². The van der Waals surface area contributed by atoms with Gasteiger partial charge in [-0.1, -0.05) is 25.2 Å². The van der Waals surface area contributed by atoms with Crippen LogP contribution in [0, 0.1) is 5.92 Å². The van der Waals surface area contributed by atoms with Crippen molar-refractivity contribution in [2.24, 2.45) is 5.92 Å². The van der Waals surface area contributed by atoms with Crippen molar-refractivity contribution >= 4 is 38.6 Å². The second kappa shape index (κ2) is 10.5. The van der Waals surface area contributed by atoms with Gasteiger partial charge in [0.05, 0.1) is 25.0 Å². The largest absolute Gasteiger partial charge is 0.393 e. The fraction of sp³-hybridized carbons (Fsp3) is 0.583. The molecule has 1 aliphatic heterocycles. The molecule has 3 aromatic heterocycles. The average Bonchev–Trinajstić information content (AvgIpc) is 3.23. The quantitative estimate of drug-likeness (QED) is 0.462. The number of anilines is 3. The summed E-state index contributed by atoms with van der Waals surface area (Å²) in [6.07, 6.45) is 5.05. The maximum Gasteiger partial charge on any atom is 0.225 e. The highest BCUT2D eigenvalue weighted by atomic mass is 32.1. The zero-order chi connectivity index (χ0) is 23.5.